The lowest BCUT2D eigenvalue weighted by atomic mass is 10.1. The Bertz CT molecular complexity index is 900. The van der Waals surface area contributed by atoms with Crippen molar-refractivity contribution in [2.75, 3.05) is 14.2 Å². The number of likely N-dealkylation sites (N-methyl/N-ethyl adjacent to an activating group) is 1. The summed E-state index contributed by atoms with van der Waals surface area (Å²) in [5.41, 5.74) is 1.05. The quantitative estimate of drug-likeness (QED) is 0.613. The first-order valence-corrected chi connectivity index (χ1v) is 9.14. The SMILES string of the molecule is CC[C@@H](Oc1cccc2ccccc12)C(=O)N(C)Cc1ccc(OC)cc1. The van der Waals surface area contributed by atoms with Crippen molar-refractivity contribution in [3.05, 3.63) is 72.3 Å². The van der Waals surface area contributed by atoms with Crippen LogP contribution < -0.4 is 9.47 Å². The highest BCUT2D eigenvalue weighted by Gasteiger charge is 2.23. The Balaban J connectivity index is 1.72. The molecule has 4 heteroatoms. The molecule has 1 amide bonds. The Hall–Kier alpha value is -3.01. The van der Waals surface area contributed by atoms with E-state index in [1.807, 2.05) is 80.7 Å². The van der Waals surface area contributed by atoms with Crippen molar-refractivity contribution in [1.82, 2.24) is 4.90 Å². The molecule has 0 saturated heterocycles. The van der Waals surface area contributed by atoms with Gasteiger partial charge in [-0.1, -0.05) is 55.5 Å². The molecule has 0 heterocycles. The maximum Gasteiger partial charge on any atom is 0.263 e. The third-order valence-corrected chi connectivity index (χ3v) is 4.62. The van der Waals surface area contributed by atoms with Gasteiger partial charge in [0.2, 0.25) is 0 Å². The van der Waals surface area contributed by atoms with Crippen molar-refractivity contribution < 1.29 is 14.3 Å². The van der Waals surface area contributed by atoms with Crippen molar-refractivity contribution >= 4 is 16.7 Å². The van der Waals surface area contributed by atoms with Crippen LogP contribution in [-0.2, 0) is 11.3 Å². The summed E-state index contributed by atoms with van der Waals surface area (Å²) in [6.07, 6.45) is 0.0914. The van der Waals surface area contributed by atoms with Crippen LogP contribution >= 0.6 is 0 Å². The molecular formula is C23H25NO3. The number of amides is 1. The van der Waals surface area contributed by atoms with E-state index < -0.39 is 6.10 Å². The van der Waals surface area contributed by atoms with E-state index in [-0.39, 0.29) is 5.91 Å². The summed E-state index contributed by atoms with van der Waals surface area (Å²) in [6.45, 7) is 2.49. The van der Waals surface area contributed by atoms with E-state index in [1.54, 1.807) is 12.0 Å². The lowest BCUT2D eigenvalue weighted by Gasteiger charge is -2.24. The van der Waals surface area contributed by atoms with Crippen molar-refractivity contribution in [3.8, 4) is 11.5 Å². The van der Waals surface area contributed by atoms with Gasteiger partial charge in [-0.15, -0.1) is 0 Å². The molecule has 3 aromatic carbocycles. The first-order chi connectivity index (χ1) is 13.1. The van der Waals surface area contributed by atoms with Crippen molar-refractivity contribution in [2.24, 2.45) is 0 Å². The molecule has 0 aliphatic heterocycles. The molecule has 0 aromatic heterocycles. The largest absolute Gasteiger partial charge is 0.497 e. The Kier molecular flexibility index (Phi) is 5.97. The minimum absolute atomic E-state index is 0.0266. The maximum absolute atomic E-state index is 12.9. The fraction of sp³-hybridized carbons (Fsp3) is 0.261. The Labute approximate surface area is 160 Å². The van der Waals surface area contributed by atoms with Gasteiger partial charge >= 0.3 is 0 Å². The number of nitrogens with zero attached hydrogens (tertiary/aromatic N) is 1. The molecule has 0 aliphatic rings. The van der Waals surface area contributed by atoms with E-state index >= 15 is 0 Å². The molecule has 1 atom stereocenters. The minimum Gasteiger partial charge on any atom is -0.497 e. The normalized spacial score (nSPS) is 11.8. The highest BCUT2D eigenvalue weighted by molar-refractivity contribution is 5.89. The number of hydrogen-bond donors (Lipinski definition) is 0. The van der Waals surface area contributed by atoms with Crippen LogP contribution in [0.1, 0.15) is 18.9 Å². The molecule has 140 valence electrons. The molecule has 4 nitrogen and oxygen atoms in total. The number of methoxy groups -OCH3 is 1. The fourth-order valence-electron chi connectivity index (χ4n) is 3.09. The maximum atomic E-state index is 12.9. The first-order valence-electron chi connectivity index (χ1n) is 9.14. The third kappa shape index (κ3) is 4.40. The van der Waals surface area contributed by atoms with Gasteiger partial charge in [0, 0.05) is 19.0 Å². The number of hydrogen-bond acceptors (Lipinski definition) is 3. The molecule has 0 saturated carbocycles. The van der Waals surface area contributed by atoms with Gasteiger partial charge in [-0.05, 0) is 35.6 Å². The van der Waals surface area contributed by atoms with E-state index in [0.717, 1.165) is 27.8 Å². The van der Waals surface area contributed by atoms with Gasteiger partial charge in [-0.25, -0.2) is 0 Å². The molecule has 0 fully saturated rings. The van der Waals surface area contributed by atoms with Gasteiger partial charge in [0.1, 0.15) is 11.5 Å². The Morgan fingerprint density at radius 2 is 1.70 bits per heavy atom. The summed E-state index contributed by atoms with van der Waals surface area (Å²) in [4.78, 5) is 14.6. The molecule has 0 aliphatic carbocycles. The molecule has 3 aromatic rings. The zero-order valence-corrected chi connectivity index (χ0v) is 16.0. The van der Waals surface area contributed by atoms with Gasteiger partial charge in [0.15, 0.2) is 6.10 Å². The number of carbonyl (C=O) groups is 1. The van der Waals surface area contributed by atoms with E-state index in [2.05, 4.69) is 0 Å². The topological polar surface area (TPSA) is 38.8 Å². The van der Waals surface area contributed by atoms with Crippen LogP contribution in [-0.4, -0.2) is 31.1 Å². The second-order valence-electron chi connectivity index (χ2n) is 6.53. The number of ether oxygens (including phenoxy) is 2. The van der Waals surface area contributed by atoms with Crippen LogP contribution in [0.4, 0.5) is 0 Å². The summed E-state index contributed by atoms with van der Waals surface area (Å²) < 4.78 is 11.3. The molecular weight excluding hydrogens is 338 g/mol. The highest BCUT2D eigenvalue weighted by atomic mass is 16.5. The second kappa shape index (κ2) is 8.58. The molecule has 0 spiro atoms. The number of benzene rings is 3. The zero-order chi connectivity index (χ0) is 19.2. The van der Waals surface area contributed by atoms with E-state index in [0.29, 0.717) is 13.0 Å². The van der Waals surface area contributed by atoms with Gasteiger partial charge < -0.3 is 14.4 Å². The summed E-state index contributed by atoms with van der Waals surface area (Å²) in [5, 5.41) is 2.12. The molecule has 0 bridgehead atoms. The minimum atomic E-state index is -0.515. The number of fused-ring (bicyclic) bond motifs is 1. The van der Waals surface area contributed by atoms with Crippen LogP contribution in [0.2, 0.25) is 0 Å². The van der Waals surface area contributed by atoms with Gasteiger partial charge in [-0.3, -0.25) is 4.79 Å². The summed E-state index contributed by atoms with van der Waals surface area (Å²) in [5.74, 6) is 1.52. The van der Waals surface area contributed by atoms with Crippen molar-refractivity contribution in [2.45, 2.75) is 26.0 Å². The Morgan fingerprint density at radius 3 is 2.41 bits per heavy atom. The third-order valence-electron chi connectivity index (χ3n) is 4.62. The molecule has 0 unspecified atom stereocenters. The summed E-state index contributed by atoms with van der Waals surface area (Å²) in [7, 11) is 3.45. The predicted molar refractivity (Wildman–Crippen MR) is 108 cm³/mol. The first kappa shape index (κ1) is 18.8. The van der Waals surface area contributed by atoms with E-state index in [1.165, 1.54) is 0 Å². The average molecular weight is 363 g/mol. The van der Waals surface area contributed by atoms with Crippen LogP contribution in [0.3, 0.4) is 0 Å². The van der Waals surface area contributed by atoms with Crippen LogP contribution in [0.15, 0.2) is 66.7 Å². The average Bonchev–Trinajstić information content (AvgIpc) is 2.72. The van der Waals surface area contributed by atoms with Crippen molar-refractivity contribution in [1.29, 1.82) is 0 Å². The predicted octanol–water partition coefficient (Wildman–Crippen LogP) is 4.66. The van der Waals surface area contributed by atoms with Crippen LogP contribution in [0.25, 0.3) is 10.8 Å². The molecule has 0 radical (unpaired) electrons. The van der Waals surface area contributed by atoms with Crippen LogP contribution in [0, 0.1) is 0 Å². The molecule has 3 rings (SSSR count). The Morgan fingerprint density at radius 1 is 1.00 bits per heavy atom. The second-order valence-corrected chi connectivity index (χ2v) is 6.53. The summed E-state index contributed by atoms with van der Waals surface area (Å²) in [6, 6.07) is 21.7. The van der Waals surface area contributed by atoms with E-state index in [9.17, 15) is 4.79 Å². The van der Waals surface area contributed by atoms with Gasteiger partial charge in [0.25, 0.3) is 5.91 Å². The number of carbonyl (C=O) groups excluding carboxylic acids is 1. The monoisotopic (exact) mass is 363 g/mol. The van der Waals surface area contributed by atoms with Crippen LogP contribution in [0.5, 0.6) is 11.5 Å². The zero-order valence-electron chi connectivity index (χ0n) is 16.0. The lowest BCUT2D eigenvalue weighted by Crippen LogP contribution is -2.39. The standard InChI is InChI=1S/C23H25NO3/c1-4-21(27-22-11-7-9-18-8-5-6-10-20(18)22)23(25)24(2)16-17-12-14-19(26-3)15-13-17/h5-15,21H,4,16H2,1-3H3/t21-/m1/s1. The van der Waals surface area contributed by atoms with Gasteiger partial charge in [-0.2, -0.15) is 0 Å². The fourth-order valence-corrected chi connectivity index (χ4v) is 3.09. The molecule has 27 heavy (non-hydrogen) atoms. The highest BCUT2D eigenvalue weighted by Crippen LogP contribution is 2.27. The van der Waals surface area contributed by atoms with E-state index in [4.69, 9.17) is 9.47 Å². The number of rotatable bonds is 7. The molecule has 0 N–H and O–H groups in total. The lowest BCUT2D eigenvalue weighted by molar-refractivity contribution is -0.138. The summed E-state index contributed by atoms with van der Waals surface area (Å²) >= 11 is 0. The van der Waals surface area contributed by atoms with Gasteiger partial charge in [0.05, 0.1) is 7.11 Å². The van der Waals surface area contributed by atoms with Crippen molar-refractivity contribution in [3.63, 3.8) is 0 Å². The smallest absolute Gasteiger partial charge is 0.263 e.